The summed E-state index contributed by atoms with van der Waals surface area (Å²) < 4.78 is 0. The molecule has 1 atom stereocenters. The first-order valence-electron chi connectivity index (χ1n) is 9.18. The predicted octanol–water partition coefficient (Wildman–Crippen LogP) is 3.03. The number of H-pyrrole nitrogens is 1. The number of nitro benzene ring substituents is 1. The van der Waals surface area contributed by atoms with Crippen LogP contribution in [0.3, 0.4) is 0 Å². The molecule has 2 amide bonds. The van der Waals surface area contributed by atoms with Crippen LogP contribution in [0.1, 0.15) is 12.0 Å². The molecular weight excluding hydrogens is 420 g/mol. The van der Waals surface area contributed by atoms with Crippen molar-refractivity contribution in [2.45, 2.75) is 11.7 Å². The quantitative estimate of drug-likeness (QED) is 0.309. The Hall–Kier alpha value is -3.99. The van der Waals surface area contributed by atoms with Crippen molar-refractivity contribution in [1.82, 2.24) is 10.3 Å². The van der Waals surface area contributed by atoms with Gasteiger partial charge in [0.05, 0.1) is 11.1 Å². The Bertz CT molecular complexity index is 1220. The first-order chi connectivity index (χ1) is 15.0. The van der Waals surface area contributed by atoms with E-state index in [9.17, 15) is 19.7 Å². The number of fused-ring (bicyclic) bond motifs is 1. The Morgan fingerprint density at radius 2 is 2.00 bits per heavy atom. The van der Waals surface area contributed by atoms with Crippen molar-refractivity contribution in [3.05, 3.63) is 70.4 Å². The van der Waals surface area contributed by atoms with Crippen LogP contribution in [0.2, 0.25) is 0 Å². The summed E-state index contributed by atoms with van der Waals surface area (Å²) in [6.45, 7) is 0. The van der Waals surface area contributed by atoms with E-state index in [-0.39, 0.29) is 23.9 Å². The zero-order valence-electron chi connectivity index (χ0n) is 15.9. The number of thioether (sulfide) groups is 1. The van der Waals surface area contributed by atoms with E-state index in [1.54, 1.807) is 6.21 Å². The molecule has 1 unspecified atom stereocenters. The number of hydrogen-bond donors (Lipinski definition) is 3. The van der Waals surface area contributed by atoms with Gasteiger partial charge in [-0.1, -0.05) is 30.0 Å². The Balaban J connectivity index is 1.34. The van der Waals surface area contributed by atoms with Crippen LogP contribution in [0, 0.1) is 10.1 Å². The lowest BCUT2D eigenvalue weighted by molar-refractivity contribution is -0.384. The Morgan fingerprint density at radius 3 is 2.77 bits per heavy atom. The molecular formula is C20H16N6O4S. The SMILES string of the molecule is O=C(CC1S/C(=N/N=C/c2c[nH]c3ccccc23)NC1=O)Nc1ccc([N+](=O)[O-])cc1. The second-order valence-corrected chi connectivity index (χ2v) is 7.78. The number of para-hydroxylation sites is 1. The van der Waals surface area contributed by atoms with Gasteiger partial charge >= 0.3 is 0 Å². The number of nitro groups is 1. The zero-order valence-corrected chi connectivity index (χ0v) is 16.8. The molecule has 1 aliphatic rings. The van der Waals surface area contributed by atoms with Gasteiger partial charge in [0.1, 0.15) is 5.25 Å². The highest BCUT2D eigenvalue weighted by molar-refractivity contribution is 8.15. The number of carbonyl (C=O) groups is 2. The Morgan fingerprint density at radius 1 is 1.23 bits per heavy atom. The van der Waals surface area contributed by atoms with Crippen LogP contribution in [0.15, 0.2) is 64.9 Å². The van der Waals surface area contributed by atoms with Crippen LogP contribution in [-0.2, 0) is 9.59 Å². The molecule has 1 fully saturated rings. The molecule has 11 heteroatoms. The first kappa shape index (κ1) is 20.3. The van der Waals surface area contributed by atoms with E-state index in [4.69, 9.17) is 0 Å². The third-order valence-electron chi connectivity index (χ3n) is 4.48. The van der Waals surface area contributed by atoms with Gasteiger partial charge in [-0.3, -0.25) is 19.7 Å². The fraction of sp³-hybridized carbons (Fsp3) is 0.100. The lowest BCUT2D eigenvalue weighted by atomic mass is 10.2. The van der Waals surface area contributed by atoms with Crippen molar-refractivity contribution in [3.63, 3.8) is 0 Å². The van der Waals surface area contributed by atoms with E-state index in [0.29, 0.717) is 10.9 Å². The summed E-state index contributed by atoms with van der Waals surface area (Å²) >= 11 is 1.12. The molecule has 0 radical (unpaired) electrons. The molecule has 31 heavy (non-hydrogen) atoms. The maximum Gasteiger partial charge on any atom is 0.269 e. The van der Waals surface area contributed by atoms with Crippen molar-refractivity contribution in [3.8, 4) is 0 Å². The third kappa shape index (κ3) is 4.78. The van der Waals surface area contributed by atoms with Gasteiger partial charge in [-0.05, 0) is 18.2 Å². The lowest BCUT2D eigenvalue weighted by Crippen LogP contribution is -2.28. The second kappa shape index (κ2) is 8.79. The summed E-state index contributed by atoms with van der Waals surface area (Å²) in [6.07, 6.45) is 3.34. The molecule has 1 saturated heterocycles. The standard InChI is InChI=1S/C20H16N6O4S/c27-18(23-13-5-7-14(8-6-13)26(29)30)9-17-19(28)24-20(31-17)25-22-11-12-10-21-16-4-2-1-3-15(12)16/h1-8,10-11,17,21H,9H2,(H,23,27)(H,24,25,28)/b22-11+. The van der Waals surface area contributed by atoms with E-state index < -0.39 is 10.2 Å². The number of amides is 2. The molecule has 0 bridgehead atoms. The normalized spacial score (nSPS) is 17.4. The Labute approximate surface area is 180 Å². The zero-order chi connectivity index (χ0) is 21.8. The molecule has 1 aromatic heterocycles. The van der Waals surface area contributed by atoms with Crippen LogP contribution in [-0.4, -0.2) is 38.4 Å². The summed E-state index contributed by atoms with van der Waals surface area (Å²) in [7, 11) is 0. The van der Waals surface area contributed by atoms with Gasteiger partial charge in [0.25, 0.3) is 5.69 Å². The maximum absolute atomic E-state index is 12.2. The number of aromatic amines is 1. The molecule has 3 aromatic rings. The van der Waals surface area contributed by atoms with Gasteiger partial charge in [0.2, 0.25) is 11.8 Å². The number of amidine groups is 1. The molecule has 4 rings (SSSR count). The third-order valence-corrected chi connectivity index (χ3v) is 5.55. The van der Waals surface area contributed by atoms with E-state index in [1.165, 1.54) is 24.3 Å². The minimum absolute atomic E-state index is 0.0708. The highest BCUT2D eigenvalue weighted by Gasteiger charge is 2.32. The smallest absolute Gasteiger partial charge is 0.269 e. The lowest BCUT2D eigenvalue weighted by Gasteiger charge is -2.07. The molecule has 1 aliphatic heterocycles. The monoisotopic (exact) mass is 436 g/mol. The molecule has 10 nitrogen and oxygen atoms in total. The number of aromatic nitrogens is 1. The topological polar surface area (TPSA) is 142 Å². The van der Waals surface area contributed by atoms with Gasteiger partial charge in [-0.2, -0.15) is 5.10 Å². The van der Waals surface area contributed by atoms with Gasteiger partial charge in [-0.25, -0.2) is 0 Å². The number of nitrogens with one attached hydrogen (secondary N) is 3. The van der Waals surface area contributed by atoms with Crippen molar-refractivity contribution < 1.29 is 14.5 Å². The summed E-state index contributed by atoms with van der Waals surface area (Å²) in [5.74, 6) is -0.713. The van der Waals surface area contributed by atoms with E-state index in [2.05, 4.69) is 25.8 Å². The van der Waals surface area contributed by atoms with Crippen molar-refractivity contribution in [2.24, 2.45) is 10.2 Å². The average Bonchev–Trinajstić information content (AvgIpc) is 3.32. The number of carbonyl (C=O) groups excluding carboxylic acids is 2. The predicted molar refractivity (Wildman–Crippen MR) is 119 cm³/mol. The average molecular weight is 436 g/mol. The number of non-ortho nitro benzene ring substituents is 1. The minimum Gasteiger partial charge on any atom is -0.361 e. The minimum atomic E-state index is -0.639. The largest absolute Gasteiger partial charge is 0.361 e. The first-order valence-corrected chi connectivity index (χ1v) is 10.1. The molecule has 0 saturated carbocycles. The number of benzene rings is 2. The van der Waals surface area contributed by atoms with Gasteiger partial charge in [0, 0.05) is 46.9 Å². The second-order valence-electron chi connectivity index (χ2n) is 6.59. The summed E-state index contributed by atoms with van der Waals surface area (Å²) in [5.41, 5.74) is 2.20. The molecule has 3 N–H and O–H groups in total. The van der Waals surface area contributed by atoms with Crippen LogP contribution in [0.5, 0.6) is 0 Å². The van der Waals surface area contributed by atoms with E-state index in [0.717, 1.165) is 28.2 Å². The number of nitrogens with zero attached hydrogens (tertiary/aromatic N) is 3. The number of anilines is 1. The van der Waals surface area contributed by atoms with Gasteiger partial charge in [-0.15, -0.1) is 5.10 Å². The number of rotatable bonds is 6. The van der Waals surface area contributed by atoms with E-state index in [1.807, 2.05) is 30.5 Å². The molecule has 0 aliphatic carbocycles. The maximum atomic E-state index is 12.2. The molecule has 156 valence electrons. The molecule has 2 heterocycles. The summed E-state index contributed by atoms with van der Waals surface area (Å²) in [6, 6.07) is 13.2. The van der Waals surface area contributed by atoms with Crippen LogP contribution in [0.25, 0.3) is 10.9 Å². The van der Waals surface area contributed by atoms with E-state index >= 15 is 0 Å². The summed E-state index contributed by atoms with van der Waals surface area (Å²) in [5, 5.41) is 24.7. The van der Waals surface area contributed by atoms with Gasteiger partial charge in [0.15, 0.2) is 5.17 Å². The highest BCUT2D eigenvalue weighted by atomic mass is 32.2. The summed E-state index contributed by atoms with van der Waals surface area (Å²) in [4.78, 5) is 37.7. The fourth-order valence-corrected chi connectivity index (χ4v) is 3.90. The number of hydrogen-bond acceptors (Lipinski definition) is 7. The van der Waals surface area contributed by atoms with Gasteiger partial charge < -0.3 is 15.6 Å². The van der Waals surface area contributed by atoms with Crippen LogP contribution in [0.4, 0.5) is 11.4 Å². The van der Waals surface area contributed by atoms with Crippen LogP contribution < -0.4 is 10.6 Å². The molecule has 2 aromatic carbocycles. The van der Waals surface area contributed by atoms with Crippen molar-refractivity contribution in [1.29, 1.82) is 0 Å². The molecule has 0 spiro atoms. The fourth-order valence-electron chi connectivity index (χ4n) is 2.98. The van der Waals surface area contributed by atoms with Crippen LogP contribution >= 0.6 is 11.8 Å². The Kier molecular flexibility index (Phi) is 5.76. The highest BCUT2D eigenvalue weighted by Crippen LogP contribution is 2.24. The van der Waals surface area contributed by atoms with Crippen molar-refractivity contribution >= 4 is 57.2 Å². The van der Waals surface area contributed by atoms with Crippen molar-refractivity contribution in [2.75, 3.05) is 5.32 Å².